The van der Waals surface area contributed by atoms with Crippen molar-refractivity contribution in [2.45, 2.75) is 52.5 Å². The average Bonchev–Trinajstić information content (AvgIpc) is 2.68. The summed E-state index contributed by atoms with van der Waals surface area (Å²) in [7, 11) is 0. The lowest BCUT2D eigenvalue weighted by molar-refractivity contribution is -0.124. The number of rotatable bonds is 7. The fourth-order valence-electron chi connectivity index (χ4n) is 2.89. The molecule has 0 saturated heterocycles. The van der Waals surface area contributed by atoms with Crippen LogP contribution in [-0.2, 0) is 11.3 Å². The number of nitrogens with two attached hydrogens (primary N) is 1. The Labute approximate surface area is 120 Å². The lowest BCUT2D eigenvalue weighted by Crippen LogP contribution is -2.42. The van der Waals surface area contributed by atoms with Crippen molar-refractivity contribution in [3.63, 3.8) is 0 Å². The van der Waals surface area contributed by atoms with Gasteiger partial charge in [0.2, 0.25) is 5.91 Å². The van der Waals surface area contributed by atoms with Crippen LogP contribution in [0.15, 0.2) is 6.07 Å². The normalized spacial score (nSPS) is 16.8. The van der Waals surface area contributed by atoms with Crippen LogP contribution < -0.4 is 11.1 Å². The third-order valence-corrected chi connectivity index (χ3v) is 4.36. The average molecular weight is 278 g/mol. The van der Waals surface area contributed by atoms with Gasteiger partial charge in [-0.1, -0.05) is 6.42 Å². The van der Waals surface area contributed by atoms with Gasteiger partial charge in [0, 0.05) is 25.2 Å². The highest BCUT2D eigenvalue weighted by atomic mass is 16.1. The Morgan fingerprint density at radius 3 is 2.75 bits per heavy atom. The predicted molar refractivity (Wildman–Crippen MR) is 79.3 cm³/mol. The minimum absolute atomic E-state index is 0.0970. The van der Waals surface area contributed by atoms with E-state index in [0.29, 0.717) is 19.5 Å². The van der Waals surface area contributed by atoms with Crippen molar-refractivity contribution in [3.05, 3.63) is 17.5 Å². The van der Waals surface area contributed by atoms with Crippen LogP contribution in [0.25, 0.3) is 0 Å². The van der Waals surface area contributed by atoms with Crippen LogP contribution in [0.5, 0.6) is 0 Å². The van der Waals surface area contributed by atoms with Gasteiger partial charge in [-0.05, 0) is 51.1 Å². The van der Waals surface area contributed by atoms with E-state index in [0.717, 1.165) is 31.5 Å². The van der Waals surface area contributed by atoms with Crippen molar-refractivity contribution in [3.8, 4) is 0 Å². The number of carbonyl (C=O) groups excluding carboxylic acids is 1. The van der Waals surface area contributed by atoms with Crippen LogP contribution in [0.2, 0.25) is 0 Å². The molecule has 1 aliphatic rings. The summed E-state index contributed by atoms with van der Waals surface area (Å²) in [6.45, 7) is 6.24. The first-order chi connectivity index (χ1) is 9.54. The molecule has 1 aliphatic carbocycles. The molecule has 1 amide bonds. The highest BCUT2D eigenvalue weighted by Gasteiger charge is 2.37. The lowest BCUT2D eigenvalue weighted by atomic mass is 9.66. The van der Waals surface area contributed by atoms with Gasteiger partial charge >= 0.3 is 0 Å². The molecule has 1 heterocycles. The number of amides is 1. The van der Waals surface area contributed by atoms with E-state index in [1.54, 1.807) is 0 Å². The Bertz CT molecular complexity index is 457. The molecular formula is C15H26N4O. The minimum Gasteiger partial charge on any atom is -0.356 e. The van der Waals surface area contributed by atoms with Gasteiger partial charge in [-0.15, -0.1) is 0 Å². The Hall–Kier alpha value is -1.36. The largest absolute Gasteiger partial charge is 0.356 e. The third-order valence-electron chi connectivity index (χ3n) is 4.36. The first-order valence-corrected chi connectivity index (χ1v) is 7.52. The van der Waals surface area contributed by atoms with Gasteiger partial charge in [-0.3, -0.25) is 9.48 Å². The molecule has 112 valence electrons. The molecule has 0 radical (unpaired) electrons. The monoisotopic (exact) mass is 278 g/mol. The van der Waals surface area contributed by atoms with Crippen molar-refractivity contribution in [1.29, 1.82) is 0 Å². The fraction of sp³-hybridized carbons (Fsp3) is 0.733. The molecule has 3 N–H and O–H groups in total. The third kappa shape index (κ3) is 3.60. The summed E-state index contributed by atoms with van der Waals surface area (Å²) in [6.07, 6.45) is 4.90. The smallest absolute Gasteiger partial charge is 0.220 e. The summed E-state index contributed by atoms with van der Waals surface area (Å²) < 4.78 is 1.99. The zero-order valence-corrected chi connectivity index (χ0v) is 12.6. The van der Waals surface area contributed by atoms with Crippen molar-refractivity contribution in [1.82, 2.24) is 15.1 Å². The van der Waals surface area contributed by atoms with Gasteiger partial charge < -0.3 is 11.1 Å². The Morgan fingerprint density at radius 1 is 1.50 bits per heavy atom. The molecule has 0 atom stereocenters. The van der Waals surface area contributed by atoms with E-state index in [-0.39, 0.29) is 11.3 Å². The molecule has 1 saturated carbocycles. The number of aryl methyl sites for hydroxylation is 3. The number of nitrogens with one attached hydrogen (secondary N) is 1. The summed E-state index contributed by atoms with van der Waals surface area (Å²) in [5, 5.41) is 7.41. The van der Waals surface area contributed by atoms with E-state index < -0.39 is 0 Å². The number of hydrogen-bond donors (Lipinski definition) is 2. The zero-order chi connectivity index (χ0) is 14.6. The van der Waals surface area contributed by atoms with Gasteiger partial charge in [0.05, 0.1) is 5.69 Å². The van der Waals surface area contributed by atoms with E-state index in [9.17, 15) is 4.79 Å². The van der Waals surface area contributed by atoms with Crippen molar-refractivity contribution in [2.75, 3.05) is 13.1 Å². The molecule has 2 rings (SSSR count). The van der Waals surface area contributed by atoms with E-state index in [2.05, 4.69) is 23.4 Å². The molecule has 0 bridgehead atoms. The van der Waals surface area contributed by atoms with E-state index in [1.165, 1.54) is 12.1 Å². The topological polar surface area (TPSA) is 72.9 Å². The predicted octanol–water partition coefficient (Wildman–Crippen LogP) is 1.53. The molecular weight excluding hydrogens is 252 g/mol. The molecule has 1 aromatic rings. The van der Waals surface area contributed by atoms with Crippen LogP contribution in [0.1, 0.15) is 43.5 Å². The number of aromatic nitrogens is 2. The maximum absolute atomic E-state index is 11.9. The highest BCUT2D eigenvalue weighted by molar-refractivity contribution is 5.76. The number of hydrogen-bond acceptors (Lipinski definition) is 3. The molecule has 20 heavy (non-hydrogen) atoms. The van der Waals surface area contributed by atoms with Crippen molar-refractivity contribution in [2.24, 2.45) is 11.1 Å². The zero-order valence-electron chi connectivity index (χ0n) is 12.6. The Kier molecular flexibility index (Phi) is 4.81. The van der Waals surface area contributed by atoms with Crippen LogP contribution in [0, 0.1) is 19.3 Å². The number of nitrogens with zero attached hydrogens (tertiary/aromatic N) is 2. The summed E-state index contributed by atoms with van der Waals surface area (Å²) in [6, 6.07) is 2.07. The van der Waals surface area contributed by atoms with Crippen LogP contribution >= 0.6 is 0 Å². The van der Waals surface area contributed by atoms with Crippen LogP contribution in [0.3, 0.4) is 0 Å². The Morgan fingerprint density at radius 2 is 2.25 bits per heavy atom. The van der Waals surface area contributed by atoms with Crippen LogP contribution in [-0.4, -0.2) is 28.8 Å². The molecule has 0 spiro atoms. The SMILES string of the molecule is Cc1cc(C)n(CCCNC(=O)CC2(CN)CCC2)n1. The standard InChI is InChI=1S/C15H26N4O/c1-12-9-13(2)19(18-12)8-4-7-17-14(20)10-15(11-16)5-3-6-15/h9H,3-8,10-11,16H2,1-2H3,(H,17,20). The molecule has 1 aromatic heterocycles. The molecule has 1 fully saturated rings. The molecule has 5 heteroatoms. The summed E-state index contributed by atoms with van der Waals surface area (Å²) in [5.41, 5.74) is 8.09. The first kappa shape index (κ1) is 15.0. The molecule has 5 nitrogen and oxygen atoms in total. The second-order valence-corrected chi connectivity index (χ2v) is 6.09. The van der Waals surface area contributed by atoms with Gasteiger partial charge in [-0.25, -0.2) is 0 Å². The maximum Gasteiger partial charge on any atom is 0.220 e. The second kappa shape index (κ2) is 6.39. The summed E-state index contributed by atoms with van der Waals surface area (Å²) >= 11 is 0. The van der Waals surface area contributed by atoms with Gasteiger partial charge in [0.25, 0.3) is 0 Å². The molecule has 0 unspecified atom stereocenters. The highest BCUT2D eigenvalue weighted by Crippen LogP contribution is 2.42. The van der Waals surface area contributed by atoms with Gasteiger partial charge in [0.15, 0.2) is 0 Å². The van der Waals surface area contributed by atoms with Gasteiger partial charge in [-0.2, -0.15) is 5.10 Å². The van der Waals surface area contributed by atoms with Crippen LogP contribution in [0.4, 0.5) is 0 Å². The number of carbonyl (C=O) groups is 1. The summed E-state index contributed by atoms with van der Waals surface area (Å²) in [5.74, 6) is 0.142. The molecule has 0 aliphatic heterocycles. The fourth-order valence-corrected chi connectivity index (χ4v) is 2.89. The maximum atomic E-state index is 11.9. The van der Waals surface area contributed by atoms with Gasteiger partial charge in [0.1, 0.15) is 0 Å². The Balaban J connectivity index is 1.66. The van der Waals surface area contributed by atoms with E-state index in [4.69, 9.17) is 5.73 Å². The van der Waals surface area contributed by atoms with E-state index in [1.807, 2.05) is 11.6 Å². The van der Waals surface area contributed by atoms with E-state index >= 15 is 0 Å². The quantitative estimate of drug-likeness (QED) is 0.743. The van der Waals surface area contributed by atoms with Crippen molar-refractivity contribution < 1.29 is 4.79 Å². The van der Waals surface area contributed by atoms with Crippen molar-refractivity contribution >= 4 is 5.91 Å². The minimum atomic E-state index is 0.0970. The lowest BCUT2D eigenvalue weighted by Gasteiger charge is -2.40. The molecule has 0 aromatic carbocycles. The second-order valence-electron chi connectivity index (χ2n) is 6.09. The summed E-state index contributed by atoms with van der Waals surface area (Å²) in [4.78, 5) is 11.9. The first-order valence-electron chi connectivity index (χ1n) is 7.52.